The Morgan fingerprint density at radius 3 is 1.11 bits per heavy atom. The molecule has 0 N–H and O–H groups in total. The third kappa shape index (κ3) is 6.48. The summed E-state index contributed by atoms with van der Waals surface area (Å²) >= 11 is 0. The molecule has 11 rings (SSSR count). The predicted octanol–water partition coefficient (Wildman–Crippen LogP) is 16.2. The standard InChI is InChI=1S/C58H45N3S2/c1-8-24-46(25-9-1)47-42-48(44-56(43-47)63(52-32-16-5-17-33-52,53-34-18-6-19-35-53)54-36-20-7-21-37-54)61-57-39-38-55(45-58(57)59-40-22-23-41-60(59)61)62(49-26-10-2-11-27-49,50-28-12-3-13-29-50)51-30-14-4-15-31-51/h1-45H. The smallest absolute Gasteiger partial charge is 0.0913 e. The van der Waals surface area contributed by atoms with Crippen LogP contribution in [-0.2, 0) is 0 Å². The average Bonchev–Trinajstić information content (AvgIpc) is 3.71. The first-order valence-corrected chi connectivity index (χ1v) is 24.6. The number of allylic oxidation sites excluding steroid dienone is 2. The quantitative estimate of drug-likeness (QED) is 0.136. The molecule has 3 nitrogen and oxygen atoms in total. The van der Waals surface area contributed by atoms with Crippen LogP contribution in [0, 0.1) is 0 Å². The monoisotopic (exact) mass is 847 g/mol. The van der Waals surface area contributed by atoms with Crippen LogP contribution in [0.4, 0.5) is 17.1 Å². The van der Waals surface area contributed by atoms with Gasteiger partial charge in [-0.15, -0.1) is 20.1 Å². The normalized spacial score (nSPS) is 13.7. The van der Waals surface area contributed by atoms with Crippen molar-refractivity contribution in [1.82, 2.24) is 5.12 Å². The maximum absolute atomic E-state index is 2.45. The molecule has 0 unspecified atom stereocenters. The summed E-state index contributed by atoms with van der Waals surface area (Å²) in [7, 11) is -3.92. The van der Waals surface area contributed by atoms with Crippen LogP contribution in [0.3, 0.4) is 0 Å². The fraction of sp³-hybridized carbons (Fsp3) is 0. The van der Waals surface area contributed by atoms with Crippen molar-refractivity contribution in [3.63, 3.8) is 0 Å². The fourth-order valence-corrected chi connectivity index (χ4v) is 17.1. The van der Waals surface area contributed by atoms with Crippen molar-refractivity contribution in [2.24, 2.45) is 0 Å². The molecule has 0 spiro atoms. The molecule has 0 aromatic heterocycles. The number of nitrogens with zero attached hydrogens (tertiary/aromatic N) is 3. The largest absolute Gasteiger partial charge is 0.240 e. The van der Waals surface area contributed by atoms with Crippen LogP contribution in [0.2, 0.25) is 0 Å². The van der Waals surface area contributed by atoms with Crippen LogP contribution in [0.25, 0.3) is 11.1 Å². The van der Waals surface area contributed by atoms with Gasteiger partial charge in [0.25, 0.3) is 0 Å². The molecule has 5 heteroatoms. The lowest BCUT2D eigenvalue weighted by atomic mass is 10.0. The molecule has 0 saturated carbocycles. The van der Waals surface area contributed by atoms with Crippen molar-refractivity contribution in [3.8, 4) is 11.1 Å². The van der Waals surface area contributed by atoms with E-state index in [0.717, 1.165) is 22.6 Å². The molecule has 0 atom stereocenters. The van der Waals surface area contributed by atoms with Gasteiger partial charge in [0.15, 0.2) is 0 Å². The number of rotatable bonds is 10. The highest BCUT2D eigenvalue weighted by atomic mass is 32.3. The Morgan fingerprint density at radius 2 is 0.667 bits per heavy atom. The van der Waals surface area contributed by atoms with Crippen LogP contribution in [-0.4, -0.2) is 5.12 Å². The van der Waals surface area contributed by atoms with Crippen LogP contribution >= 0.6 is 20.1 Å². The first-order chi connectivity index (χ1) is 31.3. The van der Waals surface area contributed by atoms with E-state index in [1.54, 1.807) is 0 Å². The van der Waals surface area contributed by atoms with Gasteiger partial charge in [-0.3, -0.25) is 0 Å². The zero-order chi connectivity index (χ0) is 42.1. The molecule has 9 aromatic carbocycles. The third-order valence-corrected chi connectivity index (χ3v) is 19.7. The number of anilines is 3. The van der Waals surface area contributed by atoms with E-state index in [1.165, 1.54) is 44.7 Å². The summed E-state index contributed by atoms with van der Waals surface area (Å²) in [5, 5.41) is 6.95. The zero-order valence-electron chi connectivity index (χ0n) is 34.6. The Bertz CT molecular complexity index is 2860. The van der Waals surface area contributed by atoms with Crippen LogP contribution < -0.4 is 10.0 Å². The summed E-state index contributed by atoms with van der Waals surface area (Å²) in [5.74, 6) is 0. The number of hydrogen-bond acceptors (Lipinski definition) is 3. The number of fused-ring (bicyclic) bond motifs is 3. The van der Waals surface area contributed by atoms with Gasteiger partial charge in [-0.1, -0.05) is 140 Å². The number of hydrogen-bond donors (Lipinski definition) is 0. The molecule has 0 amide bonds. The average molecular weight is 848 g/mol. The Balaban J connectivity index is 1.18. The molecule has 0 fully saturated rings. The molecule has 0 aliphatic carbocycles. The molecule has 63 heavy (non-hydrogen) atoms. The van der Waals surface area contributed by atoms with Gasteiger partial charge in [-0.05, 0) is 132 Å². The highest BCUT2D eigenvalue weighted by Crippen LogP contribution is 2.75. The second-order valence-corrected chi connectivity index (χ2v) is 21.7. The lowest BCUT2D eigenvalue weighted by molar-refractivity contribution is 0.408. The van der Waals surface area contributed by atoms with E-state index in [2.05, 4.69) is 288 Å². The van der Waals surface area contributed by atoms with Gasteiger partial charge in [0.2, 0.25) is 0 Å². The molecular weight excluding hydrogens is 803 g/mol. The summed E-state index contributed by atoms with van der Waals surface area (Å²) in [6.07, 6.45) is 8.61. The summed E-state index contributed by atoms with van der Waals surface area (Å²) in [5.41, 5.74) is 5.64. The van der Waals surface area contributed by atoms with E-state index < -0.39 is 20.1 Å². The minimum Gasteiger partial charge on any atom is -0.240 e. The van der Waals surface area contributed by atoms with Gasteiger partial charge in [-0.25, -0.2) is 10.0 Å². The van der Waals surface area contributed by atoms with Crippen LogP contribution in [0.1, 0.15) is 0 Å². The van der Waals surface area contributed by atoms with Gasteiger partial charge in [0.05, 0.1) is 17.1 Å². The minimum atomic E-state index is -2.01. The maximum Gasteiger partial charge on any atom is 0.0913 e. The molecule has 2 aliphatic rings. The van der Waals surface area contributed by atoms with Gasteiger partial charge in [-0.2, -0.15) is 5.12 Å². The molecular formula is C58H45N3S2. The lowest BCUT2D eigenvalue weighted by Crippen LogP contribution is -2.40. The van der Waals surface area contributed by atoms with Gasteiger partial charge in [0.1, 0.15) is 0 Å². The highest BCUT2D eigenvalue weighted by Gasteiger charge is 2.40. The third-order valence-electron chi connectivity index (χ3n) is 11.9. The van der Waals surface area contributed by atoms with Gasteiger partial charge < -0.3 is 0 Å². The maximum atomic E-state index is 2.45. The SMILES string of the molecule is C1=CN2c3cc(S(c4ccccc4)(c4ccccc4)c4ccccc4)ccc3N(c3cc(-c4ccccc4)cc(S(c4ccccc4)(c4ccccc4)c4ccccc4)c3)N2C=C1. The first-order valence-electron chi connectivity index (χ1n) is 21.3. The molecule has 9 aromatic rings. The van der Waals surface area contributed by atoms with Crippen LogP contribution in [0.15, 0.2) is 312 Å². The second-order valence-electron chi connectivity index (χ2n) is 15.5. The van der Waals surface area contributed by atoms with Crippen molar-refractivity contribution >= 4 is 37.1 Å². The van der Waals surface area contributed by atoms with E-state index >= 15 is 0 Å². The van der Waals surface area contributed by atoms with Crippen molar-refractivity contribution in [1.29, 1.82) is 0 Å². The molecule has 304 valence electrons. The molecule has 2 aliphatic heterocycles. The van der Waals surface area contributed by atoms with Crippen LogP contribution in [0.5, 0.6) is 0 Å². The van der Waals surface area contributed by atoms with Gasteiger partial charge in [0, 0.05) is 51.6 Å². The topological polar surface area (TPSA) is 9.72 Å². The summed E-state index contributed by atoms with van der Waals surface area (Å²) < 4.78 is 0. The summed E-state index contributed by atoms with van der Waals surface area (Å²) in [6, 6.07) is 91.9. The molecule has 0 bridgehead atoms. The second kappa shape index (κ2) is 16.4. The van der Waals surface area contributed by atoms with Crippen molar-refractivity contribution in [3.05, 3.63) is 273 Å². The molecule has 2 heterocycles. The van der Waals surface area contributed by atoms with E-state index in [1.807, 2.05) is 0 Å². The molecule has 0 radical (unpaired) electrons. The predicted molar refractivity (Wildman–Crippen MR) is 263 cm³/mol. The van der Waals surface area contributed by atoms with Crippen molar-refractivity contribution in [2.45, 2.75) is 39.2 Å². The lowest BCUT2D eigenvalue weighted by Gasteiger charge is -2.43. The van der Waals surface area contributed by atoms with E-state index in [0.29, 0.717) is 0 Å². The van der Waals surface area contributed by atoms with Crippen molar-refractivity contribution < 1.29 is 0 Å². The van der Waals surface area contributed by atoms with E-state index in [4.69, 9.17) is 0 Å². The fourth-order valence-electron chi connectivity index (χ4n) is 9.24. The Labute approximate surface area is 373 Å². The molecule has 0 saturated heterocycles. The summed E-state index contributed by atoms with van der Waals surface area (Å²) in [4.78, 5) is 10.3. The Morgan fingerprint density at radius 1 is 0.270 bits per heavy atom. The zero-order valence-corrected chi connectivity index (χ0v) is 36.3. The Kier molecular flexibility index (Phi) is 10.0. The minimum absolute atomic E-state index is 1.08. The number of benzene rings is 9. The highest BCUT2D eigenvalue weighted by molar-refractivity contribution is 8.34. The van der Waals surface area contributed by atoms with Crippen molar-refractivity contribution in [2.75, 3.05) is 10.0 Å². The van der Waals surface area contributed by atoms with E-state index in [9.17, 15) is 0 Å². The Hall–Kier alpha value is -7.44. The summed E-state index contributed by atoms with van der Waals surface area (Å²) in [6.45, 7) is 0. The first kappa shape index (κ1) is 38.5. The van der Waals surface area contributed by atoms with E-state index in [-0.39, 0.29) is 0 Å². The van der Waals surface area contributed by atoms with Gasteiger partial charge >= 0.3 is 0 Å². The number of hydrazine groups is 2.